The number of hydrogen-bond acceptors (Lipinski definition) is 4. The van der Waals surface area contributed by atoms with E-state index in [4.69, 9.17) is 5.73 Å². The molecule has 1 aliphatic rings. The highest BCUT2D eigenvalue weighted by Gasteiger charge is 2.41. The maximum absolute atomic E-state index is 12.4. The number of hydrogen-bond donors (Lipinski definition) is 2. The fourth-order valence-corrected chi connectivity index (χ4v) is 2.55. The Morgan fingerprint density at radius 2 is 2.30 bits per heavy atom. The molecule has 1 aromatic heterocycles. The zero-order chi connectivity index (χ0) is 14.3. The first-order valence-corrected chi connectivity index (χ1v) is 6.85. The third-order valence-electron chi connectivity index (χ3n) is 4.17. The van der Waals surface area contributed by atoms with Crippen molar-refractivity contribution in [2.24, 2.45) is 18.7 Å². The van der Waals surface area contributed by atoms with Crippen molar-refractivity contribution in [2.45, 2.75) is 25.3 Å². The Bertz CT molecular complexity index is 661. The lowest BCUT2D eigenvalue weighted by Crippen LogP contribution is -2.53. The number of aryl methyl sites for hydroxylation is 1. The van der Waals surface area contributed by atoms with Gasteiger partial charge in [0.25, 0.3) is 5.91 Å². The molecule has 0 spiro atoms. The lowest BCUT2D eigenvalue weighted by molar-refractivity contribution is 0.0898. The number of nitrogens with one attached hydrogen (secondary N) is 1. The summed E-state index contributed by atoms with van der Waals surface area (Å²) >= 11 is 0. The summed E-state index contributed by atoms with van der Waals surface area (Å²) in [6, 6.07) is 5.42. The summed E-state index contributed by atoms with van der Waals surface area (Å²) in [5.41, 5.74) is 7.74. The van der Waals surface area contributed by atoms with Crippen molar-refractivity contribution in [3.8, 4) is 0 Å². The first kappa shape index (κ1) is 13.1. The first-order valence-electron chi connectivity index (χ1n) is 6.85. The van der Waals surface area contributed by atoms with E-state index in [1.807, 2.05) is 20.0 Å². The molecule has 6 heteroatoms. The van der Waals surface area contributed by atoms with Gasteiger partial charge in [-0.1, -0.05) is 5.21 Å². The highest BCUT2D eigenvalue weighted by atomic mass is 16.1. The smallest absolute Gasteiger partial charge is 0.251 e. The Labute approximate surface area is 117 Å². The molecule has 20 heavy (non-hydrogen) atoms. The minimum Gasteiger partial charge on any atom is -0.345 e. The molecular weight excluding hydrogens is 254 g/mol. The van der Waals surface area contributed by atoms with E-state index in [0.717, 1.165) is 23.9 Å². The number of nitrogens with two attached hydrogens (primary N) is 1. The fourth-order valence-electron chi connectivity index (χ4n) is 2.55. The number of nitrogens with zero attached hydrogens (tertiary/aromatic N) is 3. The summed E-state index contributed by atoms with van der Waals surface area (Å²) < 4.78 is 1.69. The topological polar surface area (TPSA) is 85.8 Å². The third-order valence-corrected chi connectivity index (χ3v) is 4.17. The summed E-state index contributed by atoms with van der Waals surface area (Å²) in [6.07, 6.45) is 2.27. The van der Waals surface area contributed by atoms with Gasteiger partial charge in [0.1, 0.15) is 5.52 Å². The SMILES string of the molecule is Cn1nnc2cc(C(=O)NC(C)(CN)C3CC3)ccc21. The van der Waals surface area contributed by atoms with Crippen LogP contribution in [0.1, 0.15) is 30.1 Å². The van der Waals surface area contributed by atoms with Gasteiger partial charge in [-0.15, -0.1) is 5.10 Å². The molecule has 1 fully saturated rings. The Kier molecular flexibility index (Phi) is 2.97. The Morgan fingerprint density at radius 1 is 1.55 bits per heavy atom. The maximum atomic E-state index is 12.4. The lowest BCUT2D eigenvalue weighted by Gasteiger charge is -2.29. The van der Waals surface area contributed by atoms with Crippen molar-refractivity contribution in [1.29, 1.82) is 0 Å². The van der Waals surface area contributed by atoms with E-state index in [2.05, 4.69) is 15.6 Å². The number of carbonyl (C=O) groups excluding carboxylic acids is 1. The van der Waals surface area contributed by atoms with Gasteiger partial charge >= 0.3 is 0 Å². The normalized spacial score (nSPS) is 17.9. The fraction of sp³-hybridized carbons (Fsp3) is 0.500. The van der Waals surface area contributed by atoms with Gasteiger partial charge in [0.15, 0.2) is 0 Å². The Morgan fingerprint density at radius 3 is 2.95 bits per heavy atom. The molecule has 2 aromatic rings. The molecule has 1 saturated carbocycles. The van der Waals surface area contributed by atoms with E-state index < -0.39 is 0 Å². The van der Waals surface area contributed by atoms with Gasteiger partial charge in [-0.2, -0.15) is 0 Å². The molecule has 1 unspecified atom stereocenters. The molecule has 0 bridgehead atoms. The quantitative estimate of drug-likeness (QED) is 0.863. The van der Waals surface area contributed by atoms with Crippen LogP contribution in [0.2, 0.25) is 0 Å². The average Bonchev–Trinajstić information content (AvgIpc) is 3.24. The van der Waals surface area contributed by atoms with Crippen LogP contribution < -0.4 is 11.1 Å². The number of fused-ring (bicyclic) bond motifs is 1. The second kappa shape index (κ2) is 4.56. The van der Waals surface area contributed by atoms with Crippen molar-refractivity contribution in [1.82, 2.24) is 20.3 Å². The van der Waals surface area contributed by atoms with E-state index >= 15 is 0 Å². The van der Waals surface area contributed by atoms with E-state index in [1.54, 1.807) is 16.8 Å². The van der Waals surface area contributed by atoms with Crippen molar-refractivity contribution in [2.75, 3.05) is 6.54 Å². The molecule has 0 saturated heterocycles. The predicted octanol–water partition coefficient (Wildman–Crippen LogP) is 0.826. The van der Waals surface area contributed by atoms with Crippen LogP contribution in [-0.2, 0) is 7.05 Å². The lowest BCUT2D eigenvalue weighted by atomic mass is 9.95. The second-order valence-electron chi connectivity index (χ2n) is 5.77. The summed E-state index contributed by atoms with van der Waals surface area (Å²) in [5, 5.41) is 11.0. The summed E-state index contributed by atoms with van der Waals surface area (Å²) in [7, 11) is 1.83. The molecule has 1 atom stereocenters. The van der Waals surface area contributed by atoms with Crippen LogP contribution >= 0.6 is 0 Å². The average molecular weight is 273 g/mol. The van der Waals surface area contributed by atoms with Gasteiger partial charge in [-0.3, -0.25) is 4.79 Å². The highest BCUT2D eigenvalue weighted by Crippen LogP contribution is 2.39. The number of aromatic nitrogens is 3. The molecule has 3 N–H and O–H groups in total. The molecule has 0 radical (unpaired) electrons. The van der Waals surface area contributed by atoms with Crippen molar-refractivity contribution in [3.63, 3.8) is 0 Å². The minimum atomic E-state index is -0.311. The molecule has 3 rings (SSSR count). The van der Waals surface area contributed by atoms with Gasteiger partial charge in [0, 0.05) is 19.2 Å². The molecule has 6 nitrogen and oxygen atoms in total. The Hall–Kier alpha value is -1.95. The monoisotopic (exact) mass is 273 g/mol. The number of benzene rings is 1. The minimum absolute atomic E-state index is 0.0996. The van der Waals surface area contributed by atoms with E-state index in [1.165, 1.54) is 0 Å². The molecule has 1 amide bonds. The van der Waals surface area contributed by atoms with Gasteiger partial charge < -0.3 is 11.1 Å². The van der Waals surface area contributed by atoms with Crippen LogP contribution in [0.15, 0.2) is 18.2 Å². The van der Waals surface area contributed by atoms with E-state index in [0.29, 0.717) is 18.0 Å². The summed E-state index contributed by atoms with van der Waals surface area (Å²) in [5.74, 6) is 0.397. The summed E-state index contributed by atoms with van der Waals surface area (Å²) in [6.45, 7) is 2.47. The highest BCUT2D eigenvalue weighted by molar-refractivity contribution is 5.97. The molecule has 1 heterocycles. The zero-order valence-electron chi connectivity index (χ0n) is 11.8. The van der Waals surface area contributed by atoms with Gasteiger partial charge in [-0.25, -0.2) is 4.68 Å². The third kappa shape index (κ3) is 2.16. The first-order chi connectivity index (χ1) is 9.53. The number of amides is 1. The van der Waals surface area contributed by atoms with Crippen LogP contribution in [0.3, 0.4) is 0 Å². The van der Waals surface area contributed by atoms with Crippen LogP contribution in [0.25, 0.3) is 11.0 Å². The second-order valence-corrected chi connectivity index (χ2v) is 5.77. The molecule has 0 aliphatic heterocycles. The molecule has 106 valence electrons. The van der Waals surface area contributed by atoms with Crippen molar-refractivity contribution >= 4 is 16.9 Å². The summed E-state index contributed by atoms with van der Waals surface area (Å²) in [4.78, 5) is 12.4. The van der Waals surface area contributed by atoms with Gasteiger partial charge in [0.05, 0.1) is 11.1 Å². The largest absolute Gasteiger partial charge is 0.345 e. The van der Waals surface area contributed by atoms with Gasteiger partial charge in [0.2, 0.25) is 0 Å². The van der Waals surface area contributed by atoms with Crippen LogP contribution in [0, 0.1) is 5.92 Å². The van der Waals surface area contributed by atoms with Crippen molar-refractivity contribution in [3.05, 3.63) is 23.8 Å². The van der Waals surface area contributed by atoms with Crippen LogP contribution in [0.4, 0.5) is 0 Å². The van der Waals surface area contributed by atoms with E-state index in [-0.39, 0.29) is 11.4 Å². The number of carbonyl (C=O) groups is 1. The maximum Gasteiger partial charge on any atom is 0.251 e. The molecule has 1 aromatic carbocycles. The van der Waals surface area contributed by atoms with Crippen LogP contribution in [0.5, 0.6) is 0 Å². The number of rotatable bonds is 4. The van der Waals surface area contributed by atoms with E-state index in [9.17, 15) is 4.79 Å². The molecule has 1 aliphatic carbocycles. The Balaban J connectivity index is 1.84. The molecular formula is C14H19N5O. The van der Waals surface area contributed by atoms with Crippen molar-refractivity contribution < 1.29 is 4.79 Å². The standard InChI is InChI=1S/C14H19N5O/c1-14(8-15,10-4-5-10)16-13(20)9-3-6-12-11(7-9)17-18-19(12)2/h3,6-7,10H,4-5,8,15H2,1-2H3,(H,16,20). The predicted molar refractivity (Wildman–Crippen MR) is 76.2 cm³/mol. The van der Waals surface area contributed by atoms with Crippen LogP contribution in [-0.4, -0.2) is 33.0 Å². The van der Waals surface area contributed by atoms with Gasteiger partial charge in [-0.05, 0) is 43.9 Å². The zero-order valence-corrected chi connectivity index (χ0v) is 11.8.